The molecule has 3 heterocycles. The van der Waals surface area contributed by atoms with E-state index in [-0.39, 0.29) is 11.9 Å². The van der Waals surface area contributed by atoms with Crippen LogP contribution >= 0.6 is 22.7 Å². The molecule has 6 heteroatoms. The lowest BCUT2D eigenvalue weighted by Crippen LogP contribution is -3.14. The van der Waals surface area contributed by atoms with Gasteiger partial charge in [0.15, 0.2) is 6.54 Å². The van der Waals surface area contributed by atoms with Crippen LogP contribution in [0.2, 0.25) is 0 Å². The van der Waals surface area contributed by atoms with Crippen molar-refractivity contribution in [2.75, 3.05) is 26.2 Å². The van der Waals surface area contributed by atoms with E-state index in [4.69, 9.17) is 4.74 Å². The molecule has 0 fully saturated rings. The second-order valence-corrected chi connectivity index (χ2v) is 9.08. The first-order chi connectivity index (χ1) is 13.7. The van der Waals surface area contributed by atoms with Crippen LogP contribution in [-0.2, 0) is 11.2 Å². The zero-order chi connectivity index (χ0) is 19.3. The maximum Gasteiger partial charge on any atom is 0.275 e. The molecule has 0 saturated heterocycles. The molecule has 1 aliphatic heterocycles. The van der Waals surface area contributed by atoms with E-state index in [1.165, 1.54) is 25.8 Å². The van der Waals surface area contributed by atoms with Gasteiger partial charge in [0, 0.05) is 16.9 Å². The van der Waals surface area contributed by atoms with E-state index in [0.29, 0.717) is 19.7 Å². The molecule has 1 unspecified atom stereocenters. The minimum absolute atomic E-state index is 0.0862. The van der Waals surface area contributed by atoms with Crippen LogP contribution in [0.15, 0.2) is 53.2 Å². The second kappa shape index (κ2) is 8.90. The number of carbonyl (C=O) groups excluding carboxylic acids is 1. The molecule has 4 nitrogen and oxygen atoms in total. The highest BCUT2D eigenvalue weighted by atomic mass is 32.1. The molecule has 0 bridgehead atoms. The van der Waals surface area contributed by atoms with Gasteiger partial charge in [-0.2, -0.15) is 0 Å². The Morgan fingerprint density at radius 1 is 1.21 bits per heavy atom. The van der Waals surface area contributed by atoms with Gasteiger partial charge in [-0.3, -0.25) is 4.79 Å². The SMILES string of the molecule is Cc1cccc(OCCNC(=O)C[NH+]2CCc3sccc3[C@@H]2c2cccs2)c1. The molecule has 2 aromatic heterocycles. The van der Waals surface area contributed by atoms with Crippen molar-refractivity contribution < 1.29 is 14.4 Å². The molecule has 0 aliphatic carbocycles. The number of rotatable bonds is 7. The highest BCUT2D eigenvalue weighted by Gasteiger charge is 2.34. The highest BCUT2D eigenvalue weighted by molar-refractivity contribution is 7.10. The standard InChI is InChI=1S/C22H24N2O2S2/c1-16-4-2-5-17(14-16)26-11-9-23-21(25)15-24-10-7-19-18(8-13-28-19)22(24)20-6-3-12-27-20/h2-6,8,12-14,22H,7,9-11,15H2,1H3,(H,23,25)/p+1/t22-/m1/s1. The number of fused-ring (bicyclic) bond motifs is 1. The first-order valence-electron chi connectivity index (χ1n) is 9.61. The number of thiophene rings is 2. The van der Waals surface area contributed by atoms with E-state index >= 15 is 0 Å². The van der Waals surface area contributed by atoms with Crippen LogP contribution in [0.5, 0.6) is 5.75 Å². The van der Waals surface area contributed by atoms with Crippen molar-refractivity contribution in [3.8, 4) is 5.75 Å². The predicted octanol–water partition coefficient (Wildman–Crippen LogP) is 2.84. The molecule has 2 atom stereocenters. The maximum atomic E-state index is 12.6. The summed E-state index contributed by atoms with van der Waals surface area (Å²) in [4.78, 5) is 16.7. The quantitative estimate of drug-likeness (QED) is 0.585. The van der Waals surface area contributed by atoms with Crippen molar-refractivity contribution in [1.29, 1.82) is 0 Å². The summed E-state index contributed by atoms with van der Waals surface area (Å²) in [6.45, 7) is 4.52. The number of aryl methyl sites for hydroxylation is 1. The Balaban J connectivity index is 1.32. The molecule has 28 heavy (non-hydrogen) atoms. The van der Waals surface area contributed by atoms with E-state index in [0.717, 1.165) is 18.7 Å². The van der Waals surface area contributed by atoms with Gasteiger partial charge in [-0.05, 0) is 47.5 Å². The van der Waals surface area contributed by atoms with E-state index in [2.05, 4.69) is 34.3 Å². The van der Waals surface area contributed by atoms with E-state index < -0.39 is 0 Å². The number of quaternary nitrogens is 1. The molecule has 1 amide bonds. The molecule has 0 radical (unpaired) electrons. The van der Waals surface area contributed by atoms with Gasteiger partial charge in [-0.15, -0.1) is 22.7 Å². The number of hydrogen-bond acceptors (Lipinski definition) is 4. The van der Waals surface area contributed by atoms with Crippen molar-refractivity contribution >= 4 is 28.6 Å². The zero-order valence-corrected chi connectivity index (χ0v) is 17.6. The summed E-state index contributed by atoms with van der Waals surface area (Å²) in [7, 11) is 0. The normalized spacial score (nSPS) is 18.5. The number of amides is 1. The number of nitrogens with one attached hydrogen (secondary N) is 2. The fraction of sp³-hybridized carbons (Fsp3) is 0.318. The number of benzene rings is 1. The maximum absolute atomic E-state index is 12.6. The van der Waals surface area contributed by atoms with Crippen LogP contribution in [0, 0.1) is 6.92 Å². The number of hydrogen-bond donors (Lipinski definition) is 2. The summed E-state index contributed by atoms with van der Waals surface area (Å²) in [5.41, 5.74) is 2.56. The summed E-state index contributed by atoms with van der Waals surface area (Å²) in [6, 6.07) is 14.8. The Labute approximate surface area is 173 Å². The Kier molecular flexibility index (Phi) is 6.10. The van der Waals surface area contributed by atoms with Crippen molar-refractivity contribution in [2.24, 2.45) is 0 Å². The minimum atomic E-state index is 0.0862. The van der Waals surface area contributed by atoms with Crippen molar-refractivity contribution in [3.63, 3.8) is 0 Å². The Morgan fingerprint density at radius 3 is 2.96 bits per heavy atom. The molecule has 0 saturated carbocycles. The third-order valence-corrected chi connectivity index (χ3v) is 7.00. The van der Waals surface area contributed by atoms with E-state index in [1.54, 1.807) is 11.3 Å². The molecule has 1 aromatic carbocycles. The van der Waals surface area contributed by atoms with Crippen LogP contribution in [0.25, 0.3) is 0 Å². The van der Waals surface area contributed by atoms with Crippen LogP contribution < -0.4 is 15.0 Å². The van der Waals surface area contributed by atoms with Crippen LogP contribution in [0.3, 0.4) is 0 Å². The Bertz CT molecular complexity index is 920. The average molecular weight is 414 g/mol. The monoisotopic (exact) mass is 413 g/mol. The number of ether oxygens (including phenoxy) is 1. The van der Waals surface area contributed by atoms with Crippen molar-refractivity contribution in [1.82, 2.24) is 5.32 Å². The topological polar surface area (TPSA) is 42.8 Å². The van der Waals surface area contributed by atoms with Gasteiger partial charge >= 0.3 is 0 Å². The third kappa shape index (κ3) is 4.46. The van der Waals surface area contributed by atoms with Crippen molar-refractivity contribution in [2.45, 2.75) is 19.4 Å². The lowest BCUT2D eigenvalue weighted by atomic mass is 9.98. The van der Waals surface area contributed by atoms with E-state index in [1.807, 2.05) is 42.5 Å². The Morgan fingerprint density at radius 2 is 2.14 bits per heavy atom. The largest absolute Gasteiger partial charge is 0.492 e. The molecule has 2 N–H and O–H groups in total. The highest BCUT2D eigenvalue weighted by Crippen LogP contribution is 2.31. The molecular weight excluding hydrogens is 388 g/mol. The second-order valence-electron chi connectivity index (χ2n) is 7.10. The summed E-state index contributed by atoms with van der Waals surface area (Å²) in [5, 5.41) is 7.32. The summed E-state index contributed by atoms with van der Waals surface area (Å²) in [6.07, 6.45) is 1.05. The molecule has 146 valence electrons. The fourth-order valence-corrected chi connectivity index (χ4v) is 5.60. The van der Waals surface area contributed by atoms with Gasteiger partial charge < -0.3 is 15.0 Å². The average Bonchev–Trinajstić information content (AvgIpc) is 3.37. The van der Waals surface area contributed by atoms with Gasteiger partial charge in [0.1, 0.15) is 18.4 Å². The molecular formula is C22H25N2O2S2+. The van der Waals surface area contributed by atoms with Gasteiger partial charge in [-0.1, -0.05) is 18.2 Å². The summed E-state index contributed by atoms with van der Waals surface area (Å²) in [5.74, 6) is 0.932. The van der Waals surface area contributed by atoms with Gasteiger partial charge in [0.2, 0.25) is 0 Å². The van der Waals surface area contributed by atoms with Crippen molar-refractivity contribution in [3.05, 3.63) is 74.1 Å². The first kappa shape index (κ1) is 19.2. The van der Waals surface area contributed by atoms with Crippen LogP contribution in [0.4, 0.5) is 0 Å². The molecule has 0 spiro atoms. The zero-order valence-electron chi connectivity index (χ0n) is 15.9. The smallest absolute Gasteiger partial charge is 0.275 e. The fourth-order valence-electron chi connectivity index (χ4n) is 3.78. The lowest BCUT2D eigenvalue weighted by molar-refractivity contribution is -0.919. The van der Waals surface area contributed by atoms with Gasteiger partial charge in [0.25, 0.3) is 5.91 Å². The molecule has 1 aliphatic rings. The summed E-state index contributed by atoms with van der Waals surface area (Å²) >= 11 is 3.62. The first-order valence-corrected chi connectivity index (χ1v) is 11.4. The predicted molar refractivity (Wildman–Crippen MR) is 115 cm³/mol. The minimum Gasteiger partial charge on any atom is -0.492 e. The Hall–Kier alpha value is -2.15. The summed E-state index contributed by atoms with van der Waals surface area (Å²) < 4.78 is 5.72. The van der Waals surface area contributed by atoms with Gasteiger partial charge in [0.05, 0.1) is 18.0 Å². The lowest BCUT2D eigenvalue weighted by Gasteiger charge is -2.31. The molecule has 4 rings (SSSR count). The van der Waals surface area contributed by atoms with E-state index in [9.17, 15) is 4.79 Å². The molecule has 3 aromatic rings. The third-order valence-electron chi connectivity index (χ3n) is 5.07. The van der Waals surface area contributed by atoms with Crippen LogP contribution in [0.1, 0.15) is 26.9 Å². The number of carbonyl (C=O) groups is 1. The van der Waals surface area contributed by atoms with Gasteiger partial charge in [-0.25, -0.2) is 0 Å². The van der Waals surface area contributed by atoms with Crippen LogP contribution in [-0.4, -0.2) is 32.1 Å².